The number of hydrogen-bond acceptors (Lipinski definition) is 5. The Kier molecular flexibility index (Phi) is 7.05. The number of hydrogen-bond donors (Lipinski definition) is 2. The highest BCUT2D eigenvalue weighted by Crippen LogP contribution is 2.29. The number of nitrogens with zero attached hydrogens (tertiary/aromatic N) is 1. The minimum absolute atomic E-state index is 0.0605. The Hall–Kier alpha value is -1.44. The van der Waals surface area contributed by atoms with Crippen LogP contribution in [0.3, 0.4) is 0 Å². The Morgan fingerprint density at radius 1 is 1.19 bits per heavy atom. The molecule has 1 aromatic heterocycles. The van der Waals surface area contributed by atoms with Gasteiger partial charge in [-0.1, -0.05) is 25.3 Å². The minimum atomic E-state index is -0.530. The van der Waals surface area contributed by atoms with Gasteiger partial charge in [0.25, 0.3) is 0 Å². The molecule has 1 aliphatic heterocycles. The Bertz CT molecular complexity index is 581. The maximum absolute atomic E-state index is 12.4. The van der Waals surface area contributed by atoms with Gasteiger partial charge in [-0.2, -0.15) is 0 Å². The standard InChI is InChI=1S/C19H29N3O3S/c1-14(20-18(23)19(24)21-15-6-3-2-4-7-15)17(16-8-5-13-26-16)22-9-11-25-12-10-22/h5,8,13-15,17H,2-4,6-7,9-12H2,1H3,(H,20,23)(H,21,24)/t14-,17-/m0/s1. The van der Waals surface area contributed by atoms with Crippen molar-refractivity contribution in [3.63, 3.8) is 0 Å². The van der Waals surface area contributed by atoms with Crippen LogP contribution in [-0.4, -0.2) is 55.1 Å². The number of morpholine rings is 1. The van der Waals surface area contributed by atoms with Crippen LogP contribution in [0.5, 0.6) is 0 Å². The first-order valence-electron chi connectivity index (χ1n) is 9.61. The maximum Gasteiger partial charge on any atom is 0.309 e. The van der Waals surface area contributed by atoms with E-state index in [0.29, 0.717) is 13.2 Å². The first-order chi connectivity index (χ1) is 12.6. The number of amides is 2. The van der Waals surface area contributed by atoms with Crippen LogP contribution in [0.2, 0.25) is 0 Å². The van der Waals surface area contributed by atoms with E-state index in [9.17, 15) is 9.59 Å². The smallest absolute Gasteiger partial charge is 0.309 e. The van der Waals surface area contributed by atoms with Crippen LogP contribution in [0.15, 0.2) is 17.5 Å². The highest BCUT2D eigenvalue weighted by molar-refractivity contribution is 7.10. The summed E-state index contributed by atoms with van der Waals surface area (Å²) in [5.74, 6) is -1.03. The molecular formula is C19H29N3O3S. The van der Waals surface area contributed by atoms with E-state index < -0.39 is 11.8 Å². The zero-order chi connectivity index (χ0) is 18.4. The van der Waals surface area contributed by atoms with E-state index in [4.69, 9.17) is 4.74 Å². The Balaban J connectivity index is 1.60. The molecule has 2 amide bonds. The zero-order valence-corrected chi connectivity index (χ0v) is 16.2. The molecule has 1 aromatic rings. The summed E-state index contributed by atoms with van der Waals surface area (Å²) < 4.78 is 5.46. The molecule has 0 radical (unpaired) electrons. The van der Waals surface area contributed by atoms with E-state index >= 15 is 0 Å². The van der Waals surface area contributed by atoms with Crippen molar-refractivity contribution < 1.29 is 14.3 Å². The summed E-state index contributed by atoms with van der Waals surface area (Å²) in [7, 11) is 0. The number of rotatable bonds is 5. The number of ether oxygens (including phenoxy) is 1. The fraction of sp³-hybridized carbons (Fsp3) is 0.684. The van der Waals surface area contributed by atoms with Crippen LogP contribution in [0, 0.1) is 0 Å². The summed E-state index contributed by atoms with van der Waals surface area (Å²) in [4.78, 5) is 28.2. The van der Waals surface area contributed by atoms with Crippen molar-refractivity contribution in [2.24, 2.45) is 0 Å². The molecule has 1 aliphatic carbocycles. The van der Waals surface area contributed by atoms with Crippen molar-refractivity contribution in [1.82, 2.24) is 15.5 Å². The van der Waals surface area contributed by atoms with Gasteiger partial charge in [0.15, 0.2) is 0 Å². The molecule has 2 heterocycles. The minimum Gasteiger partial charge on any atom is -0.379 e. The van der Waals surface area contributed by atoms with Gasteiger partial charge in [-0.05, 0) is 31.2 Å². The van der Waals surface area contributed by atoms with Gasteiger partial charge in [-0.3, -0.25) is 14.5 Å². The molecule has 6 nitrogen and oxygen atoms in total. The van der Waals surface area contributed by atoms with Crippen LogP contribution in [0.25, 0.3) is 0 Å². The van der Waals surface area contributed by atoms with Crippen LogP contribution < -0.4 is 10.6 Å². The maximum atomic E-state index is 12.4. The summed E-state index contributed by atoms with van der Waals surface area (Å²) in [6.07, 6.45) is 5.42. The van der Waals surface area contributed by atoms with Gasteiger partial charge in [-0.25, -0.2) is 0 Å². The van der Waals surface area contributed by atoms with Gasteiger partial charge < -0.3 is 15.4 Å². The molecule has 2 aliphatic rings. The highest BCUT2D eigenvalue weighted by Gasteiger charge is 2.31. The van der Waals surface area contributed by atoms with Crippen LogP contribution in [-0.2, 0) is 14.3 Å². The van der Waals surface area contributed by atoms with Crippen molar-refractivity contribution in [1.29, 1.82) is 0 Å². The van der Waals surface area contributed by atoms with Crippen molar-refractivity contribution in [2.45, 2.75) is 57.2 Å². The molecule has 1 saturated carbocycles. The molecule has 0 aromatic carbocycles. The predicted molar refractivity (Wildman–Crippen MR) is 102 cm³/mol. The second-order valence-corrected chi connectivity index (χ2v) is 8.16. The Labute approximate surface area is 159 Å². The fourth-order valence-corrected chi connectivity index (χ4v) is 4.87. The number of carbonyl (C=O) groups excluding carboxylic acids is 2. The SMILES string of the molecule is C[C@H](NC(=O)C(=O)NC1CCCCC1)[C@@H](c1cccs1)N1CCOCC1. The summed E-state index contributed by atoms with van der Waals surface area (Å²) in [6, 6.07) is 4.17. The number of nitrogens with one attached hydrogen (secondary N) is 2. The lowest BCUT2D eigenvalue weighted by molar-refractivity contribution is -0.140. The summed E-state index contributed by atoms with van der Waals surface area (Å²) in [6.45, 7) is 5.04. The molecule has 0 bridgehead atoms. The van der Waals surface area contributed by atoms with Crippen LogP contribution in [0.4, 0.5) is 0 Å². The number of carbonyl (C=O) groups is 2. The van der Waals surface area contributed by atoms with E-state index in [-0.39, 0.29) is 18.1 Å². The summed E-state index contributed by atoms with van der Waals surface area (Å²) in [5.41, 5.74) is 0. The van der Waals surface area contributed by atoms with Crippen molar-refractivity contribution in [3.8, 4) is 0 Å². The topological polar surface area (TPSA) is 70.7 Å². The lowest BCUT2D eigenvalue weighted by Gasteiger charge is -2.37. The largest absolute Gasteiger partial charge is 0.379 e. The van der Waals surface area contributed by atoms with E-state index in [1.165, 1.54) is 11.3 Å². The van der Waals surface area contributed by atoms with Crippen molar-refractivity contribution in [3.05, 3.63) is 22.4 Å². The van der Waals surface area contributed by atoms with E-state index in [0.717, 1.165) is 38.8 Å². The fourth-order valence-electron chi connectivity index (χ4n) is 3.91. The molecule has 26 heavy (non-hydrogen) atoms. The summed E-state index contributed by atoms with van der Waals surface area (Å²) in [5, 5.41) is 7.87. The molecule has 0 spiro atoms. The molecule has 3 rings (SSSR count). The van der Waals surface area contributed by atoms with Gasteiger partial charge in [-0.15, -0.1) is 11.3 Å². The monoisotopic (exact) mass is 379 g/mol. The van der Waals surface area contributed by atoms with E-state index in [2.05, 4.69) is 21.6 Å². The Morgan fingerprint density at radius 2 is 1.92 bits per heavy atom. The average Bonchev–Trinajstić information content (AvgIpc) is 3.17. The molecule has 2 N–H and O–H groups in total. The molecule has 0 unspecified atom stereocenters. The normalized spacial score (nSPS) is 21.7. The molecular weight excluding hydrogens is 350 g/mol. The molecule has 2 fully saturated rings. The van der Waals surface area contributed by atoms with E-state index in [1.807, 2.05) is 18.4 Å². The van der Waals surface area contributed by atoms with Gasteiger partial charge in [0.1, 0.15) is 0 Å². The lowest BCUT2D eigenvalue weighted by Crippen LogP contribution is -2.52. The van der Waals surface area contributed by atoms with Crippen LogP contribution >= 0.6 is 11.3 Å². The Morgan fingerprint density at radius 3 is 2.58 bits per heavy atom. The quantitative estimate of drug-likeness (QED) is 0.769. The molecule has 2 atom stereocenters. The first-order valence-corrected chi connectivity index (χ1v) is 10.5. The van der Waals surface area contributed by atoms with E-state index in [1.54, 1.807) is 11.3 Å². The molecule has 144 valence electrons. The van der Waals surface area contributed by atoms with Gasteiger partial charge in [0, 0.05) is 30.1 Å². The lowest BCUT2D eigenvalue weighted by atomic mass is 9.95. The van der Waals surface area contributed by atoms with Crippen LogP contribution in [0.1, 0.15) is 49.9 Å². The third-order valence-corrected chi connectivity index (χ3v) is 6.20. The van der Waals surface area contributed by atoms with Crippen molar-refractivity contribution >= 4 is 23.2 Å². The first kappa shape index (κ1) is 19.3. The molecule has 7 heteroatoms. The second-order valence-electron chi connectivity index (χ2n) is 7.18. The number of thiophene rings is 1. The average molecular weight is 380 g/mol. The highest BCUT2D eigenvalue weighted by atomic mass is 32.1. The van der Waals surface area contributed by atoms with Gasteiger partial charge in [0.05, 0.1) is 19.3 Å². The second kappa shape index (κ2) is 9.48. The predicted octanol–water partition coefficient (Wildman–Crippen LogP) is 2.07. The molecule has 1 saturated heterocycles. The third-order valence-electron chi connectivity index (χ3n) is 5.25. The van der Waals surface area contributed by atoms with Crippen molar-refractivity contribution in [2.75, 3.05) is 26.3 Å². The van der Waals surface area contributed by atoms with Gasteiger partial charge >= 0.3 is 11.8 Å². The zero-order valence-electron chi connectivity index (χ0n) is 15.4. The third kappa shape index (κ3) is 5.05. The van der Waals surface area contributed by atoms with Gasteiger partial charge in [0.2, 0.25) is 0 Å². The summed E-state index contributed by atoms with van der Waals surface area (Å²) >= 11 is 1.68.